The Labute approximate surface area is 188 Å². The van der Waals surface area contributed by atoms with E-state index in [1.807, 2.05) is 60.7 Å². The molecule has 0 aliphatic carbocycles. The Balaban J connectivity index is 0.00000272. The van der Waals surface area contributed by atoms with Gasteiger partial charge in [-0.2, -0.15) is 4.98 Å². The van der Waals surface area contributed by atoms with E-state index < -0.39 is 0 Å². The number of methoxy groups -OCH3 is 2. The molecule has 0 aliphatic rings. The van der Waals surface area contributed by atoms with Crippen LogP contribution in [0.2, 0.25) is 0 Å². The number of anilines is 4. The largest absolute Gasteiger partial charge is 0.497 e. The van der Waals surface area contributed by atoms with Crippen LogP contribution in [0, 0.1) is 0 Å². The minimum absolute atomic E-state index is 0. The first-order valence-corrected chi connectivity index (χ1v) is 9.78. The summed E-state index contributed by atoms with van der Waals surface area (Å²) >= 11 is 0. The van der Waals surface area contributed by atoms with E-state index in [2.05, 4.69) is 27.8 Å². The number of para-hydroxylation sites is 1. The van der Waals surface area contributed by atoms with Crippen LogP contribution in [-0.2, 0) is 11.2 Å². The number of rotatable bonds is 8. The van der Waals surface area contributed by atoms with Crippen LogP contribution in [-0.4, -0.2) is 30.8 Å². The van der Waals surface area contributed by atoms with Crippen molar-refractivity contribution in [2.24, 2.45) is 0 Å². The standard InChI is InChI=1S/C24H24N4O2.ClH/c1-29-15-14-17-10-12-18(13-11-17)26-24-27-22-9-4-3-8-21(22)23(28-24)25-19-6-5-7-20(16-19)30-2;/h3-13,16H,14-15H2,1-2H3,(H2,25,26,27,28);1H. The minimum atomic E-state index is 0. The van der Waals surface area contributed by atoms with Crippen molar-refractivity contribution < 1.29 is 9.47 Å². The Bertz CT molecular complexity index is 1140. The molecule has 0 fully saturated rings. The Morgan fingerprint density at radius 2 is 1.61 bits per heavy atom. The maximum absolute atomic E-state index is 5.32. The van der Waals surface area contributed by atoms with Gasteiger partial charge in [-0.25, -0.2) is 4.98 Å². The Morgan fingerprint density at radius 1 is 0.806 bits per heavy atom. The van der Waals surface area contributed by atoms with Gasteiger partial charge in [-0.15, -0.1) is 12.4 Å². The van der Waals surface area contributed by atoms with Crippen LogP contribution in [0.25, 0.3) is 10.9 Å². The molecule has 0 aliphatic heterocycles. The highest BCUT2D eigenvalue weighted by molar-refractivity contribution is 5.92. The summed E-state index contributed by atoms with van der Waals surface area (Å²) < 4.78 is 10.5. The summed E-state index contributed by atoms with van der Waals surface area (Å²) in [7, 11) is 3.37. The Hall–Kier alpha value is -3.35. The fraction of sp³-hybridized carbons (Fsp3) is 0.167. The zero-order valence-electron chi connectivity index (χ0n) is 17.5. The van der Waals surface area contributed by atoms with Crippen LogP contribution >= 0.6 is 12.4 Å². The number of fused-ring (bicyclic) bond motifs is 1. The normalized spacial score (nSPS) is 10.4. The molecule has 31 heavy (non-hydrogen) atoms. The van der Waals surface area contributed by atoms with Crippen molar-refractivity contribution in [2.45, 2.75) is 6.42 Å². The topological polar surface area (TPSA) is 68.3 Å². The maximum Gasteiger partial charge on any atom is 0.229 e. The van der Waals surface area contributed by atoms with Gasteiger partial charge in [-0.3, -0.25) is 0 Å². The van der Waals surface area contributed by atoms with Gasteiger partial charge < -0.3 is 20.1 Å². The van der Waals surface area contributed by atoms with Gasteiger partial charge in [0.2, 0.25) is 5.95 Å². The molecule has 0 atom stereocenters. The van der Waals surface area contributed by atoms with E-state index in [0.717, 1.165) is 40.3 Å². The molecular formula is C24H25ClN4O2. The molecule has 6 nitrogen and oxygen atoms in total. The third-order valence-corrected chi connectivity index (χ3v) is 4.74. The summed E-state index contributed by atoms with van der Waals surface area (Å²) in [6.45, 7) is 0.708. The molecule has 0 bridgehead atoms. The van der Waals surface area contributed by atoms with Gasteiger partial charge in [0.05, 0.1) is 19.2 Å². The highest BCUT2D eigenvalue weighted by Crippen LogP contribution is 2.27. The molecule has 0 saturated carbocycles. The van der Waals surface area contributed by atoms with E-state index in [9.17, 15) is 0 Å². The average Bonchev–Trinajstić information content (AvgIpc) is 2.79. The molecule has 4 rings (SSSR count). The number of ether oxygens (including phenoxy) is 2. The smallest absolute Gasteiger partial charge is 0.229 e. The van der Waals surface area contributed by atoms with Crippen LogP contribution in [0.15, 0.2) is 72.8 Å². The number of hydrogen-bond acceptors (Lipinski definition) is 6. The Kier molecular flexibility index (Phi) is 7.65. The summed E-state index contributed by atoms with van der Waals surface area (Å²) in [4.78, 5) is 9.40. The summed E-state index contributed by atoms with van der Waals surface area (Å²) in [6.07, 6.45) is 0.887. The lowest BCUT2D eigenvalue weighted by molar-refractivity contribution is 0.202. The number of hydrogen-bond donors (Lipinski definition) is 2. The lowest BCUT2D eigenvalue weighted by Gasteiger charge is -2.13. The predicted molar refractivity (Wildman–Crippen MR) is 128 cm³/mol. The molecule has 0 unspecified atom stereocenters. The third-order valence-electron chi connectivity index (χ3n) is 4.74. The van der Waals surface area contributed by atoms with Crippen molar-refractivity contribution >= 4 is 46.5 Å². The monoisotopic (exact) mass is 436 g/mol. The molecule has 3 aromatic carbocycles. The second-order valence-electron chi connectivity index (χ2n) is 6.83. The highest BCUT2D eigenvalue weighted by atomic mass is 35.5. The van der Waals surface area contributed by atoms with Gasteiger partial charge in [0.25, 0.3) is 0 Å². The predicted octanol–water partition coefficient (Wildman–Crippen LogP) is 5.74. The molecule has 0 spiro atoms. The second kappa shape index (κ2) is 10.6. The molecule has 0 saturated heterocycles. The number of nitrogens with one attached hydrogen (secondary N) is 2. The first-order chi connectivity index (χ1) is 14.7. The van der Waals surface area contributed by atoms with Gasteiger partial charge in [0.1, 0.15) is 11.6 Å². The fourth-order valence-electron chi connectivity index (χ4n) is 3.17. The zero-order chi connectivity index (χ0) is 20.8. The quantitative estimate of drug-likeness (QED) is 0.367. The van der Waals surface area contributed by atoms with Crippen molar-refractivity contribution in [2.75, 3.05) is 31.5 Å². The SMILES string of the molecule is COCCc1ccc(Nc2nc(Nc3cccc(OC)c3)c3ccccc3n2)cc1.Cl. The summed E-state index contributed by atoms with van der Waals surface area (Å²) in [5, 5.41) is 7.65. The van der Waals surface area contributed by atoms with E-state index in [4.69, 9.17) is 14.5 Å². The van der Waals surface area contributed by atoms with E-state index in [0.29, 0.717) is 12.6 Å². The second-order valence-corrected chi connectivity index (χ2v) is 6.83. The van der Waals surface area contributed by atoms with Crippen molar-refractivity contribution in [3.8, 4) is 5.75 Å². The molecule has 1 aromatic heterocycles. The molecular weight excluding hydrogens is 412 g/mol. The number of halogens is 1. The van der Waals surface area contributed by atoms with Gasteiger partial charge in [-0.05, 0) is 48.4 Å². The molecule has 0 radical (unpaired) electrons. The van der Waals surface area contributed by atoms with Crippen LogP contribution < -0.4 is 15.4 Å². The number of benzene rings is 3. The van der Waals surface area contributed by atoms with Crippen LogP contribution in [0.3, 0.4) is 0 Å². The van der Waals surface area contributed by atoms with Crippen molar-refractivity contribution in [1.82, 2.24) is 9.97 Å². The van der Waals surface area contributed by atoms with Gasteiger partial charge in [0, 0.05) is 29.9 Å². The van der Waals surface area contributed by atoms with Crippen molar-refractivity contribution in [3.63, 3.8) is 0 Å². The summed E-state index contributed by atoms with van der Waals surface area (Å²) in [5.74, 6) is 2.04. The van der Waals surface area contributed by atoms with Crippen LogP contribution in [0.4, 0.5) is 23.1 Å². The summed E-state index contributed by atoms with van der Waals surface area (Å²) in [6, 6.07) is 23.9. The maximum atomic E-state index is 5.32. The third kappa shape index (κ3) is 5.63. The lowest BCUT2D eigenvalue weighted by Crippen LogP contribution is -2.02. The molecule has 1 heterocycles. The minimum Gasteiger partial charge on any atom is -0.497 e. The van der Waals surface area contributed by atoms with Gasteiger partial charge >= 0.3 is 0 Å². The molecule has 4 aromatic rings. The van der Waals surface area contributed by atoms with E-state index in [-0.39, 0.29) is 12.4 Å². The highest BCUT2D eigenvalue weighted by Gasteiger charge is 2.09. The van der Waals surface area contributed by atoms with Gasteiger partial charge in [0.15, 0.2) is 0 Å². The molecule has 7 heteroatoms. The van der Waals surface area contributed by atoms with E-state index in [1.54, 1.807) is 14.2 Å². The zero-order valence-corrected chi connectivity index (χ0v) is 18.3. The van der Waals surface area contributed by atoms with E-state index in [1.165, 1.54) is 5.56 Å². The number of nitrogens with zero attached hydrogens (tertiary/aromatic N) is 2. The van der Waals surface area contributed by atoms with Crippen LogP contribution in [0.1, 0.15) is 5.56 Å². The van der Waals surface area contributed by atoms with Crippen molar-refractivity contribution in [3.05, 3.63) is 78.4 Å². The molecule has 160 valence electrons. The average molecular weight is 437 g/mol. The first kappa shape index (κ1) is 22.3. The lowest BCUT2D eigenvalue weighted by atomic mass is 10.1. The number of aromatic nitrogens is 2. The van der Waals surface area contributed by atoms with Crippen molar-refractivity contribution in [1.29, 1.82) is 0 Å². The molecule has 2 N–H and O–H groups in total. The summed E-state index contributed by atoms with van der Waals surface area (Å²) in [5.41, 5.74) is 3.91. The van der Waals surface area contributed by atoms with Gasteiger partial charge in [-0.1, -0.05) is 30.3 Å². The van der Waals surface area contributed by atoms with E-state index >= 15 is 0 Å². The first-order valence-electron chi connectivity index (χ1n) is 9.78. The molecule has 0 amide bonds. The van der Waals surface area contributed by atoms with Crippen LogP contribution in [0.5, 0.6) is 5.75 Å². The fourth-order valence-corrected chi connectivity index (χ4v) is 3.17. The Morgan fingerprint density at radius 3 is 2.39 bits per heavy atom.